The molecule has 1 aromatic rings. The Morgan fingerprint density at radius 2 is 1.95 bits per heavy atom. The highest BCUT2D eigenvalue weighted by molar-refractivity contribution is 7.80. The number of benzene rings is 1. The van der Waals surface area contributed by atoms with Crippen LogP contribution in [0.25, 0.3) is 0 Å². The summed E-state index contributed by atoms with van der Waals surface area (Å²) in [6.45, 7) is 9.90. The Hall–Kier alpha value is -1.17. The van der Waals surface area contributed by atoms with Crippen LogP contribution in [0.2, 0.25) is 0 Å². The third-order valence-corrected chi connectivity index (χ3v) is 3.92. The van der Waals surface area contributed by atoms with Crippen molar-refractivity contribution in [2.45, 2.75) is 19.9 Å². The third kappa shape index (κ3) is 4.95. The van der Waals surface area contributed by atoms with Crippen LogP contribution in [0.4, 0.5) is 5.69 Å². The van der Waals surface area contributed by atoms with Crippen molar-refractivity contribution < 1.29 is 4.74 Å². The smallest absolute Gasteiger partial charge is 0.173 e. The molecule has 0 spiro atoms. The zero-order valence-electron chi connectivity index (χ0n) is 12.9. The van der Waals surface area contributed by atoms with Gasteiger partial charge in [0.15, 0.2) is 5.11 Å². The Labute approximate surface area is 133 Å². The van der Waals surface area contributed by atoms with Crippen LogP contribution < -0.4 is 10.2 Å². The summed E-state index contributed by atoms with van der Waals surface area (Å²) in [4.78, 5) is 4.57. The standard InChI is InChI=1S/C16H25N3OS/c1-14(2)19(15-6-4-3-5-7-15)16(21)17-8-9-18-10-12-20-13-11-18/h3-7,14H,8-13H2,1-2H3,(H,17,21). The topological polar surface area (TPSA) is 27.7 Å². The van der Waals surface area contributed by atoms with E-state index in [2.05, 4.69) is 41.1 Å². The predicted octanol–water partition coefficient (Wildman–Crippen LogP) is 2.11. The maximum Gasteiger partial charge on any atom is 0.173 e. The van der Waals surface area contributed by atoms with Gasteiger partial charge in [-0.2, -0.15) is 0 Å². The highest BCUT2D eigenvalue weighted by Gasteiger charge is 2.16. The first-order chi connectivity index (χ1) is 10.2. The Kier molecular flexibility index (Phi) is 6.42. The Morgan fingerprint density at radius 3 is 2.57 bits per heavy atom. The number of nitrogens with one attached hydrogen (secondary N) is 1. The van der Waals surface area contributed by atoms with Crippen LogP contribution in [0.5, 0.6) is 0 Å². The fourth-order valence-electron chi connectivity index (χ4n) is 2.47. The molecule has 1 saturated heterocycles. The molecule has 0 saturated carbocycles. The summed E-state index contributed by atoms with van der Waals surface area (Å²) in [7, 11) is 0. The summed E-state index contributed by atoms with van der Waals surface area (Å²) in [6, 6.07) is 10.6. The van der Waals surface area contributed by atoms with Crippen molar-refractivity contribution in [2.75, 3.05) is 44.3 Å². The Balaban J connectivity index is 1.84. The van der Waals surface area contributed by atoms with Crippen LogP contribution >= 0.6 is 12.2 Å². The second kappa shape index (κ2) is 8.32. The summed E-state index contributed by atoms with van der Waals surface area (Å²) in [5, 5.41) is 4.18. The number of anilines is 1. The van der Waals surface area contributed by atoms with Gasteiger partial charge in [0.1, 0.15) is 0 Å². The van der Waals surface area contributed by atoms with E-state index in [0.29, 0.717) is 6.04 Å². The van der Waals surface area contributed by atoms with Crippen molar-refractivity contribution in [3.8, 4) is 0 Å². The Bertz CT molecular complexity index is 432. The molecule has 0 unspecified atom stereocenters. The minimum absolute atomic E-state index is 0.329. The van der Waals surface area contributed by atoms with Gasteiger partial charge in [-0.25, -0.2) is 0 Å². The van der Waals surface area contributed by atoms with Crippen molar-refractivity contribution in [3.05, 3.63) is 30.3 Å². The lowest BCUT2D eigenvalue weighted by atomic mass is 10.2. The Morgan fingerprint density at radius 1 is 1.29 bits per heavy atom. The van der Waals surface area contributed by atoms with Gasteiger partial charge in [0.25, 0.3) is 0 Å². The molecule has 1 N–H and O–H groups in total. The minimum atomic E-state index is 0.329. The van der Waals surface area contributed by atoms with Crippen LogP contribution in [0.3, 0.4) is 0 Å². The van der Waals surface area contributed by atoms with Gasteiger partial charge in [0, 0.05) is 37.9 Å². The van der Waals surface area contributed by atoms with Crippen LogP contribution in [0.15, 0.2) is 30.3 Å². The van der Waals surface area contributed by atoms with Crippen molar-refractivity contribution in [2.24, 2.45) is 0 Å². The van der Waals surface area contributed by atoms with E-state index in [1.165, 1.54) is 0 Å². The van der Waals surface area contributed by atoms with Crippen LogP contribution in [0.1, 0.15) is 13.8 Å². The normalized spacial score (nSPS) is 16.0. The number of hydrogen-bond acceptors (Lipinski definition) is 3. The molecule has 1 aromatic carbocycles. The molecule has 5 heteroatoms. The fourth-order valence-corrected chi connectivity index (χ4v) is 2.89. The van der Waals surface area contributed by atoms with Gasteiger partial charge in [-0.05, 0) is 38.2 Å². The number of nitrogens with zero attached hydrogens (tertiary/aromatic N) is 2. The van der Waals surface area contributed by atoms with Crippen molar-refractivity contribution in [3.63, 3.8) is 0 Å². The quantitative estimate of drug-likeness (QED) is 0.841. The van der Waals surface area contributed by atoms with E-state index in [1.807, 2.05) is 18.2 Å². The lowest BCUT2D eigenvalue weighted by molar-refractivity contribution is 0.0389. The molecule has 0 amide bonds. The third-order valence-electron chi connectivity index (χ3n) is 3.58. The molecule has 4 nitrogen and oxygen atoms in total. The lowest BCUT2D eigenvalue weighted by Gasteiger charge is -2.31. The summed E-state index contributed by atoms with van der Waals surface area (Å²) in [5.41, 5.74) is 1.14. The first kappa shape index (κ1) is 16.2. The number of rotatable bonds is 5. The number of thiocarbonyl (C=S) groups is 1. The largest absolute Gasteiger partial charge is 0.379 e. The molecule has 21 heavy (non-hydrogen) atoms. The number of hydrogen-bond donors (Lipinski definition) is 1. The lowest BCUT2D eigenvalue weighted by Crippen LogP contribution is -2.47. The molecule has 0 radical (unpaired) electrons. The van der Waals surface area contributed by atoms with Gasteiger partial charge < -0.3 is 15.0 Å². The van der Waals surface area contributed by atoms with E-state index < -0.39 is 0 Å². The van der Waals surface area contributed by atoms with Crippen molar-refractivity contribution in [1.29, 1.82) is 0 Å². The van der Waals surface area contributed by atoms with Gasteiger partial charge in [-0.3, -0.25) is 4.90 Å². The number of para-hydroxylation sites is 1. The zero-order valence-corrected chi connectivity index (χ0v) is 13.7. The number of morpholine rings is 1. The first-order valence-electron chi connectivity index (χ1n) is 7.60. The van der Waals surface area contributed by atoms with E-state index >= 15 is 0 Å². The molecule has 0 atom stereocenters. The average molecular weight is 307 g/mol. The predicted molar refractivity (Wildman–Crippen MR) is 91.9 cm³/mol. The summed E-state index contributed by atoms with van der Waals surface area (Å²) in [6.07, 6.45) is 0. The molecular weight excluding hydrogens is 282 g/mol. The molecule has 1 aliphatic heterocycles. The van der Waals surface area contributed by atoms with E-state index in [-0.39, 0.29) is 0 Å². The number of ether oxygens (including phenoxy) is 1. The van der Waals surface area contributed by atoms with Gasteiger partial charge in [0.2, 0.25) is 0 Å². The van der Waals surface area contributed by atoms with E-state index in [0.717, 1.165) is 50.2 Å². The fraction of sp³-hybridized carbons (Fsp3) is 0.562. The molecule has 2 rings (SSSR count). The van der Waals surface area contributed by atoms with Gasteiger partial charge in [-0.1, -0.05) is 18.2 Å². The monoisotopic (exact) mass is 307 g/mol. The minimum Gasteiger partial charge on any atom is -0.379 e. The molecule has 1 heterocycles. The molecule has 0 aliphatic carbocycles. The van der Waals surface area contributed by atoms with E-state index in [9.17, 15) is 0 Å². The zero-order chi connectivity index (χ0) is 15.1. The molecule has 116 valence electrons. The van der Waals surface area contributed by atoms with Crippen LogP contribution in [0, 0.1) is 0 Å². The second-order valence-corrected chi connectivity index (χ2v) is 5.87. The van der Waals surface area contributed by atoms with Gasteiger partial charge >= 0.3 is 0 Å². The first-order valence-corrected chi connectivity index (χ1v) is 8.01. The summed E-state index contributed by atoms with van der Waals surface area (Å²) >= 11 is 5.57. The van der Waals surface area contributed by atoms with Crippen LogP contribution in [-0.2, 0) is 4.74 Å². The highest BCUT2D eigenvalue weighted by atomic mass is 32.1. The maximum atomic E-state index is 5.57. The molecule has 1 aliphatic rings. The van der Waals surface area contributed by atoms with Crippen LogP contribution in [-0.4, -0.2) is 55.4 Å². The van der Waals surface area contributed by atoms with Gasteiger partial charge in [0.05, 0.1) is 13.2 Å². The molecular formula is C16H25N3OS. The maximum absolute atomic E-state index is 5.57. The molecule has 0 aromatic heterocycles. The molecule has 1 fully saturated rings. The van der Waals surface area contributed by atoms with Crippen molar-refractivity contribution in [1.82, 2.24) is 10.2 Å². The highest BCUT2D eigenvalue weighted by Crippen LogP contribution is 2.16. The van der Waals surface area contributed by atoms with E-state index in [4.69, 9.17) is 17.0 Å². The van der Waals surface area contributed by atoms with Gasteiger partial charge in [-0.15, -0.1) is 0 Å². The summed E-state index contributed by atoms with van der Waals surface area (Å²) in [5.74, 6) is 0. The van der Waals surface area contributed by atoms with Crippen molar-refractivity contribution >= 4 is 23.0 Å². The van der Waals surface area contributed by atoms with E-state index in [1.54, 1.807) is 0 Å². The summed E-state index contributed by atoms with van der Waals surface area (Å²) < 4.78 is 5.36. The SMILES string of the molecule is CC(C)N(C(=S)NCCN1CCOCC1)c1ccccc1. The molecule has 0 bridgehead atoms. The second-order valence-electron chi connectivity index (χ2n) is 5.49. The average Bonchev–Trinajstić information content (AvgIpc) is 2.49.